The molecule has 5 nitrogen and oxygen atoms in total. The van der Waals surface area contributed by atoms with E-state index in [4.69, 9.17) is 4.74 Å². The van der Waals surface area contributed by atoms with E-state index < -0.39 is 9.84 Å². The van der Waals surface area contributed by atoms with Crippen LogP contribution in [-0.2, 0) is 33.2 Å². The maximum atomic E-state index is 12.7. The summed E-state index contributed by atoms with van der Waals surface area (Å²) in [7, 11) is -3.30. The van der Waals surface area contributed by atoms with Gasteiger partial charge >= 0.3 is 0 Å². The Balaban J connectivity index is 1.07. The van der Waals surface area contributed by atoms with Gasteiger partial charge in [-0.3, -0.25) is 4.98 Å². The van der Waals surface area contributed by atoms with Crippen LogP contribution in [0.4, 0.5) is 5.69 Å². The van der Waals surface area contributed by atoms with Gasteiger partial charge in [-0.05, 0) is 88.9 Å². The van der Waals surface area contributed by atoms with Gasteiger partial charge in [-0.25, -0.2) is 8.42 Å². The summed E-state index contributed by atoms with van der Waals surface area (Å²) < 4.78 is 32.1. The van der Waals surface area contributed by atoms with E-state index in [0.717, 1.165) is 67.6 Å². The van der Waals surface area contributed by atoms with Crippen LogP contribution < -0.4 is 9.64 Å². The van der Waals surface area contributed by atoms with Crippen molar-refractivity contribution in [3.8, 4) is 16.9 Å². The summed E-state index contributed by atoms with van der Waals surface area (Å²) in [5.41, 5.74) is 7.66. The highest BCUT2D eigenvalue weighted by atomic mass is 32.2. The summed E-state index contributed by atoms with van der Waals surface area (Å²) in [6.45, 7) is 8.89. The van der Waals surface area contributed by atoms with Crippen LogP contribution in [0.3, 0.4) is 0 Å². The molecule has 0 unspecified atom stereocenters. The normalized spacial score (nSPS) is 16.5. The van der Waals surface area contributed by atoms with E-state index in [1.54, 1.807) is 18.3 Å². The predicted molar refractivity (Wildman–Crippen MR) is 175 cm³/mol. The first kappa shape index (κ1) is 29.4. The van der Waals surface area contributed by atoms with Crippen molar-refractivity contribution in [2.75, 3.05) is 18.0 Å². The Hall–Kier alpha value is -3.64. The Morgan fingerprint density at radius 1 is 0.860 bits per heavy atom. The zero-order valence-corrected chi connectivity index (χ0v) is 26.4. The minimum absolute atomic E-state index is 0.00371. The van der Waals surface area contributed by atoms with Gasteiger partial charge < -0.3 is 9.64 Å². The molecule has 1 fully saturated rings. The molecule has 2 aliphatic rings. The van der Waals surface area contributed by atoms with Crippen molar-refractivity contribution in [1.82, 2.24) is 4.98 Å². The number of aromatic nitrogens is 1. The van der Waals surface area contributed by atoms with E-state index in [0.29, 0.717) is 5.69 Å². The largest absolute Gasteiger partial charge is 0.487 e. The average Bonchev–Trinajstić information content (AvgIpc) is 3.02. The molecule has 6 rings (SSSR count). The highest BCUT2D eigenvalue weighted by molar-refractivity contribution is 7.89. The number of hydrogen-bond donors (Lipinski definition) is 0. The SMILES string of the molecule is CCC(C)(C)c1ccc(N2CCC3(CCc4cc(-c5ccc(CS(=O)(=O)Cc6ccccn6)cc5)ccc4O3)CC2)cc1. The number of piperidine rings is 1. The molecule has 1 aromatic heterocycles. The minimum atomic E-state index is -3.30. The van der Waals surface area contributed by atoms with E-state index in [9.17, 15) is 8.42 Å². The second-order valence-corrected chi connectivity index (χ2v) is 15.0. The Bertz CT molecular complexity index is 1660. The molecule has 0 aliphatic carbocycles. The molecule has 6 heteroatoms. The molecule has 2 aliphatic heterocycles. The summed E-state index contributed by atoms with van der Waals surface area (Å²) in [5.74, 6) is 0.959. The van der Waals surface area contributed by atoms with Crippen molar-refractivity contribution in [3.63, 3.8) is 0 Å². The topological polar surface area (TPSA) is 59.5 Å². The Labute approximate surface area is 256 Å². The predicted octanol–water partition coefficient (Wildman–Crippen LogP) is 7.92. The molecular formula is C37H42N2O3S. The van der Waals surface area contributed by atoms with Crippen LogP contribution >= 0.6 is 0 Å². The van der Waals surface area contributed by atoms with Gasteiger partial charge in [-0.2, -0.15) is 0 Å². The van der Waals surface area contributed by atoms with Gasteiger partial charge in [0.2, 0.25) is 0 Å². The number of anilines is 1. The standard InChI is InChI=1S/C37H42N2O3S/c1-4-36(2,3)32-13-15-34(16-14-32)39-23-20-37(21-24-39)19-18-31-25-30(12-17-35(31)42-37)29-10-8-28(9-11-29)26-43(40,41)27-33-7-5-6-22-38-33/h5-17,22,25H,4,18-21,23-24,26-27H2,1-3H3. The van der Waals surface area contributed by atoms with Gasteiger partial charge in [0.1, 0.15) is 11.4 Å². The van der Waals surface area contributed by atoms with Crippen LogP contribution in [0, 0.1) is 0 Å². The number of rotatable bonds is 8. The highest BCUT2D eigenvalue weighted by Gasteiger charge is 2.39. The third kappa shape index (κ3) is 6.65. The van der Waals surface area contributed by atoms with E-state index in [2.05, 4.69) is 73.1 Å². The number of benzene rings is 3. The summed E-state index contributed by atoms with van der Waals surface area (Å²) >= 11 is 0. The van der Waals surface area contributed by atoms with E-state index in [-0.39, 0.29) is 22.5 Å². The molecule has 1 spiro atoms. The molecular weight excluding hydrogens is 552 g/mol. The minimum Gasteiger partial charge on any atom is -0.487 e. The molecule has 0 atom stereocenters. The Morgan fingerprint density at radius 2 is 1.58 bits per heavy atom. The molecule has 0 amide bonds. The van der Waals surface area contributed by atoms with Crippen LogP contribution in [0.5, 0.6) is 5.75 Å². The second-order valence-electron chi connectivity index (χ2n) is 12.9. The van der Waals surface area contributed by atoms with Crippen LogP contribution in [-0.4, -0.2) is 32.1 Å². The van der Waals surface area contributed by atoms with Crippen LogP contribution in [0.15, 0.2) is 91.1 Å². The third-order valence-corrected chi connectivity index (χ3v) is 11.1. The number of aryl methyl sites for hydroxylation is 1. The number of sulfone groups is 1. The first-order valence-corrected chi connectivity index (χ1v) is 17.3. The first-order valence-electron chi connectivity index (χ1n) is 15.5. The quantitative estimate of drug-likeness (QED) is 0.207. The van der Waals surface area contributed by atoms with Gasteiger partial charge in [-0.15, -0.1) is 0 Å². The zero-order valence-electron chi connectivity index (χ0n) is 25.6. The van der Waals surface area contributed by atoms with Crippen LogP contribution in [0.2, 0.25) is 0 Å². The van der Waals surface area contributed by atoms with Gasteiger partial charge in [-0.1, -0.05) is 69.3 Å². The second kappa shape index (κ2) is 11.8. The monoisotopic (exact) mass is 594 g/mol. The number of nitrogens with zero attached hydrogens (tertiary/aromatic N) is 2. The molecule has 4 aromatic rings. The van der Waals surface area contributed by atoms with E-state index in [1.807, 2.05) is 30.3 Å². The maximum absolute atomic E-state index is 12.7. The molecule has 224 valence electrons. The lowest BCUT2D eigenvalue weighted by Gasteiger charge is -2.45. The summed E-state index contributed by atoms with van der Waals surface area (Å²) in [4.78, 5) is 6.66. The Morgan fingerprint density at radius 3 is 2.26 bits per heavy atom. The summed E-state index contributed by atoms with van der Waals surface area (Å²) in [6, 6.07) is 28.9. The van der Waals surface area contributed by atoms with Crippen molar-refractivity contribution in [3.05, 3.63) is 114 Å². The summed E-state index contributed by atoms with van der Waals surface area (Å²) in [5, 5.41) is 0. The van der Waals surface area contributed by atoms with E-state index in [1.165, 1.54) is 16.8 Å². The zero-order chi connectivity index (χ0) is 30.1. The molecule has 0 radical (unpaired) electrons. The lowest BCUT2D eigenvalue weighted by molar-refractivity contribution is 0.0226. The number of ether oxygens (including phenoxy) is 1. The lowest BCUT2D eigenvalue weighted by atomic mass is 9.81. The fourth-order valence-corrected chi connectivity index (χ4v) is 7.78. The van der Waals surface area contributed by atoms with Gasteiger partial charge in [0, 0.05) is 37.8 Å². The van der Waals surface area contributed by atoms with Crippen LogP contribution in [0.25, 0.3) is 11.1 Å². The van der Waals surface area contributed by atoms with Crippen molar-refractivity contribution in [2.45, 2.75) is 75.4 Å². The third-order valence-electron chi connectivity index (χ3n) is 9.58. The molecule has 43 heavy (non-hydrogen) atoms. The molecule has 0 N–H and O–H groups in total. The van der Waals surface area contributed by atoms with Gasteiger partial charge in [0.25, 0.3) is 0 Å². The molecule has 0 bridgehead atoms. The van der Waals surface area contributed by atoms with Crippen molar-refractivity contribution >= 4 is 15.5 Å². The molecule has 3 aromatic carbocycles. The smallest absolute Gasteiger partial charge is 0.160 e. The number of hydrogen-bond acceptors (Lipinski definition) is 5. The maximum Gasteiger partial charge on any atom is 0.160 e. The fraction of sp³-hybridized carbons (Fsp3) is 0.378. The first-order chi connectivity index (χ1) is 20.6. The number of fused-ring (bicyclic) bond motifs is 1. The summed E-state index contributed by atoms with van der Waals surface area (Å²) in [6.07, 6.45) is 6.86. The molecule has 3 heterocycles. The van der Waals surface area contributed by atoms with E-state index >= 15 is 0 Å². The highest BCUT2D eigenvalue weighted by Crippen LogP contribution is 2.41. The lowest BCUT2D eigenvalue weighted by Crippen LogP contribution is -2.49. The van der Waals surface area contributed by atoms with Crippen LogP contribution in [0.1, 0.15) is 68.8 Å². The molecule has 0 saturated carbocycles. The average molecular weight is 595 g/mol. The fourth-order valence-electron chi connectivity index (χ4n) is 6.36. The van der Waals surface area contributed by atoms with Gasteiger partial charge in [0.15, 0.2) is 9.84 Å². The van der Waals surface area contributed by atoms with Crippen molar-refractivity contribution in [2.24, 2.45) is 0 Å². The van der Waals surface area contributed by atoms with Gasteiger partial charge in [0.05, 0.1) is 17.2 Å². The van der Waals surface area contributed by atoms with Crippen molar-refractivity contribution < 1.29 is 13.2 Å². The molecule has 1 saturated heterocycles. The van der Waals surface area contributed by atoms with Crippen molar-refractivity contribution in [1.29, 1.82) is 0 Å². The number of pyridine rings is 1. The Kier molecular flexibility index (Phi) is 8.08.